The average Bonchev–Trinajstić information content (AvgIpc) is 2.82. The molecule has 0 saturated heterocycles. The summed E-state index contributed by atoms with van der Waals surface area (Å²) in [7, 11) is 5.96. The van der Waals surface area contributed by atoms with Gasteiger partial charge in [-0.1, -0.05) is 54.6 Å². The van der Waals surface area contributed by atoms with Gasteiger partial charge in [0.1, 0.15) is 0 Å². The fourth-order valence-corrected chi connectivity index (χ4v) is 4.38. The Morgan fingerprint density at radius 3 is 1.91 bits per heavy atom. The molecule has 3 aromatic rings. The number of nitrogens with zero attached hydrogens (tertiary/aromatic N) is 1. The number of hydrogen-bond acceptors (Lipinski definition) is 5. The van der Waals surface area contributed by atoms with Crippen LogP contribution >= 0.6 is 12.4 Å². The van der Waals surface area contributed by atoms with E-state index in [1.165, 1.54) is 5.56 Å². The number of fused-ring (bicyclic) bond motifs is 2. The van der Waals surface area contributed by atoms with Crippen LogP contribution in [0.5, 0.6) is 0 Å². The molecule has 4 rings (SSSR count). The first kappa shape index (κ1) is 24.5. The summed E-state index contributed by atoms with van der Waals surface area (Å²) in [5, 5.41) is 6.52. The van der Waals surface area contributed by atoms with E-state index < -0.39 is 0 Å². The van der Waals surface area contributed by atoms with Crippen LogP contribution in [0.15, 0.2) is 66.7 Å². The molecule has 6 heteroatoms. The van der Waals surface area contributed by atoms with E-state index in [0.717, 1.165) is 12.8 Å². The summed E-state index contributed by atoms with van der Waals surface area (Å²) in [6, 6.07) is 21.6. The number of ketones is 2. The van der Waals surface area contributed by atoms with E-state index in [0.29, 0.717) is 46.2 Å². The molecule has 2 N–H and O–H groups in total. The monoisotopic (exact) mass is 463 g/mol. The van der Waals surface area contributed by atoms with Gasteiger partial charge in [-0.3, -0.25) is 9.59 Å². The smallest absolute Gasteiger partial charge is 0.196 e. The molecule has 0 aliphatic heterocycles. The fraction of sp³-hybridized carbons (Fsp3) is 0.259. The Balaban J connectivity index is 0.00000306. The molecule has 0 radical (unpaired) electrons. The molecule has 0 spiro atoms. The van der Waals surface area contributed by atoms with E-state index in [9.17, 15) is 9.59 Å². The Labute approximate surface area is 201 Å². The van der Waals surface area contributed by atoms with Gasteiger partial charge in [0.2, 0.25) is 0 Å². The Hall–Kier alpha value is -3.15. The molecule has 33 heavy (non-hydrogen) atoms. The zero-order valence-corrected chi connectivity index (χ0v) is 20.0. The molecule has 0 aromatic heterocycles. The van der Waals surface area contributed by atoms with Crippen molar-refractivity contribution < 1.29 is 9.59 Å². The lowest BCUT2D eigenvalue weighted by Gasteiger charge is -2.26. The van der Waals surface area contributed by atoms with Crippen LogP contribution in [0.3, 0.4) is 0 Å². The maximum atomic E-state index is 13.4. The van der Waals surface area contributed by atoms with Gasteiger partial charge in [-0.25, -0.2) is 0 Å². The van der Waals surface area contributed by atoms with Gasteiger partial charge in [0.15, 0.2) is 11.6 Å². The van der Waals surface area contributed by atoms with Crippen molar-refractivity contribution in [2.24, 2.45) is 0 Å². The Bertz CT molecular complexity index is 1150. The summed E-state index contributed by atoms with van der Waals surface area (Å²) < 4.78 is 0. The lowest BCUT2D eigenvalue weighted by Crippen LogP contribution is -2.32. The Morgan fingerprint density at radius 2 is 1.33 bits per heavy atom. The van der Waals surface area contributed by atoms with Crippen molar-refractivity contribution >= 4 is 35.3 Å². The van der Waals surface area contributed by atoms with Gasteiger partial charge < -0.3 is 15.5 Å². The minimum Gasteiger partial charge on any atom is -0.388 e. The van der Waals surface area contributed by atoms with Crippen molar-refractivity contribution in [1.29, 1.82) is 0 Å². The van der Waals surface area contributed by atoms with Crippen LogP contribution in [-0.4, -0.2) is 50.2 Å². The molecule has 0 amide bonds. The van der Waals surface area contributed by atoms with E-state index in [-0.39, 0.29) is 24.0 Å². The van der Waals surface area contributed by atoms with Crippen molar-refractivity contribution in [3.63, 3.8) is 0 Å². The van der Waals surface area contributed by atoms with E-state index in [1.54, 1.807) is 31.3 Å². The molecule has 0 bridgehead atoms. The van der Waals surface area contributed by atoms with E-state index in [1.807, 2.05) is 18.2 Å². The minimum absolute atomic E-state index is 0. The maximum Gasteiger partial charge on any atom is 0.196 e. The zero-order chi connectivity index (χ0) is 22.7. The molecule has 1 atom stereocenters. The standard InChI is InChI=1S/C27H29N3O2.ClH/c1-28-22-13-14-23(25-24(22)26(31)20-11-7-8-12-21(20)27(25)32)29-16-15-19(30(2)3)17-18-9-5-4-6-10-18;/h4-14,19,28-29H,15-17H2,1-3H3;1H. The van der Waals surface area contributed by atoms with Gasteiger partial charge in [-0.05, 0) is 44.6 Å². The number of halogens is 1. The molecule has 0 fully saturated rings. The number of benzene rings is 3. The number of carbonyl (C=O) groups excluding carboxylic acids is 2. The highest BCUT2D eigenvalue weighted by Crippen LogP contribution is 2.36. The molecule has 172 valence electrons. The summed E-state index contributed by atoms with van der Waals surface area (Å²) in [5.74, 6) is -0.221. The number of hydrogen-bond donors (Lipinski definition) is 2. The van der Waals surface area contributed by atoms with Crippen LogP contribution < -0.4 is 10.6 Å². The van der Waals surface area contributed by atoms with Gasteiger partial charge >= 0.3 is 0 Å². The third-order valence-electron chi connectivity index (χ3n) is 6.18. The molecule has 0 saturated carbocycles. The maximum absolute atomic E-state index is 13.4. The topological polar surface area (TPSA) is 61.4 Å². The zero-order valence-electron chi connectivity index (χ0n) is 19.2. The van der Waals surface area contributed by atoms with Crippen LogP contribution in [0.1, 0.15) is 43.8 Å². The Morgan fingerprint density at radius 1 is 0.788 bits per heavy atom. The van der Waals surface area contributed by atoms with Crippen molar-refractivity contribution in [2.45, 2.75) is 18.9 Å². The van der Waals surface area contributed by atoms with E-state index in [4.69, 9.17) is 0 Å². The van der Waals surface area contributed by atoms with Crippen LogP contribution in [-0.2, 0) is 6.42 Å². The highest BCUT2D eigenvalue weighted by atomic mass is 35.5. The van der Waals surface area contributed by atoms with Crippen LogP contribution in [0.25, 0.3) is 0 Å². The summed E-state index contributed by atoms with van der Waals surface area (Å²) in [5.41, 5.74) is 4.54. The van der Waals surface area contributed by atoms with Crippen molar-refractivity contribution in [1.82, 2.24) is 4.90 Å². The first-order valence-corrected chi connectivity index (χ1v) is 11.0. The predicted octanol–water partition coefficient (Wildman–Crippen LogP) is 4.90. The summed E-state index contributed by atoms with van der Waals surface area (Å²) >= 11 is 0. The quantitative estimate of drug-likeness (QED) is 0.389. The molecule has 3 aromatic carbocycles. The van der Waals surface area contributed by atoms with E-state index >= 15 is 0 Å². The van der Waals surface area contributed by atoms with Crippen LogP contribution in [0.4, 0.5) is 11.4 Å². The number of likely N-dealkylation sites (N-methyl/N-ethyl adjacent to an activating group) is 1. The van der Waals surface area contributed by atoms with Gasteiger partial charge in [-0.15, -0.1) is 12.4 Å². The second-order valence-electron chi connectivity index (χ2n) is 8.39. The predicted molar refractivity (Wildman–Crippen MR) is 137 cm³/mol. The molecule has 5 nitrogen and oxygen atoms in total. The summed E-state index contributed by atoms with van der Waals surface area (Å²) in [6.45, 7) is 0.699. The summed E-state index contributed by atoms with van der Waals surface area (Å²) in [6.07, 6.45) is 1.86. The molecular formula is C27H30ClN3O2. The molecule has 1 aliphatic carbocycles. The van der Waals surface area contributed by atoms with Crippen molar-refractivity contribution in [3.05, 3.63) is 94.5 Å². The SMILES string of the molecule is CNc1ccc(NCCC(Cc2ccccc2)N(C)C)c2c1C(=O)c1ccccc1C2=O.Cl. The Kier molecular flexibility index (Phi) is 7.90. The molecule has 0 heterocycles. The number of carbonyl (C=O) groups is 2. The lowest BCUT2D eigenvalue weighted by molar-refractivity contribution is 0.0980. The third-order valence-corrected chi connectivity index (χ3v) is 6.18. The van der Waals surface area contributed by atoms with E-state index in [2.05, 4.69) is 53.9 Å². The molecular weight excluding hydrogens is 434 g/mol. The minimum atomic E-state index is -0.113. The van der Waals surface area contributed by atoms with Gasteiger partial charge in [-0.2, -0.15) is 0 Å². The third kappa shape index (κ3) is 4.95. The number of nitrogens with one attached hydrogen (secondary N) is 2. The van der Waals surface area contributed by atoms with Crippen LogP contribution in [0.2, 0.25) is 0 Å². The second-order valence-corrected chi connectivity index (χ2v) is 8.39. The largest absolute Gasteiger partial charge is 0.388 e. The van der Waals surface area contributed by atoms with Gasteiger partial charge in [0.05, 0.1) is 11.1 Å². The van der Waals surface area contributed by atoms with Crippen LogP contribution in [0, 0.1) is 0 Å². The number of rotatable bonds is 8. The number of anilines is 2. The molecule has 1 unspecified atom stereocenters. The van der Waals surface area contributed by atoms with Gasteiger partial charge in [0.25, 0.3) is 0 Å². The lowest BCUT2D eigenvalue weighted by atomic mass is 9.82. The highest BCUT2D eigenvalue weighted by Gasteiger charge is 2.33. The fourth-order valence-electron chi connectivity index (χ4n) is 4.38. The first-order chi connectivity index (χ1) is 15.5. The molecule has 1 aliphatic rings. The normalized spacial score (nSPS) is 13.1. The van der Waals surface area contributed by atoms with Crippen molar-refractivity contribution in [3.8, 4) is 0 Å². The highest BCUT2D eigenvalue weighted by molar-refractivity contribution is 6.31. The average molecular weight is 464 g/mol. The second kappa shape index (κ2) is 10.6. The van der Waals surface area contributed by atoms with Crippen molar-refractivity contribution in [2.75, 3.05) is 38.3 Å². The summed E-state index contributed by atoms with van der Waals surface area (Å²) in [4.78, 5) is 28.8. The van der Waals surface area contributed by atoms with Gasteiger partial charge in [0, 0.05) is 42.1 Å². The first-order valence-electron chi connectivity index (χ1n) is 11.0.